The number of carboxylic acid groups (broad SMARTS) is 1. The third kappa shape index (κ3) is 4.01. The summed E-state index contributed by atoms with van der Waals surface area (Å²) in [5.74, 6) is 0.406. The van der Waals surface area contributed by atoms with E-state index in [9.17, 15) is 4.79 Å². The predicted molar refractivity (Wildman–Crippen MR) is 69.4 cm³/mol. The summed E-state index contributed by atoms with van der Waals surface area (Å²) < 4.78 is 10.3. The molecule has 0 aromatic heterocycles. The fraction of sp³-hybridized carbons (Fsp3) is 0.308. The molecule has 0 heterocycles. The highest BCUT2D eigenvalue weighted by Crippen LogP contribution is 2.28. The van der Waals surface area contributed by atoms with Gasteiger partial charge in [0.25, 0.3) is 0 Å². The Kier molecular flexibility index (Phi) is 5.05. The third-order valence-electron chi connectivity index (χ3n) is 2.34. The van der Waals surface area contributed by atoms with E-state index < -0.39 is 5.97 Å². The number of carbonyl (C=O) groups is 1. The first-order chi connectivity index (χ1) is 8.56. The molecule has 0 amide bonds. The zero-order valence-corrected chi connectivity index (χ0v) is 10.7. The van der Waals surface area contributed by atoms with Gasteiger partial charge in [-0.3, -0.25) is 0 Å². The van der Waals surface area contributed by atoms with Gasteiger partial charge in [0.1, 0.15) is 11.5 Å². The Labute approximate surface area is 106 Å². The summed E-state index contributed by atoms with van der Waals surface area (Å²) in [5.41, 5.74) is 1.51. The molecule has 0 bridgehead atoms. The smallest absolute Gasteiger partial charge is 0.328 e. The van der Waals surface area contributed by atoms with Gasteiger partial charge >= 0.3 is 5.97 Å². The summed E-state index contributed by atoms with van der Waals surface area (Å²) in [5, 5.41) is 11.7. The Hall–Kier alpha value is -2.17. The number of benzene rings is 1. The monoisotopic (exact) mass is 251 g/mol. The van der Waals surface area contributed by atoms with E-state index in [1.807, 2.05) is 6.07 Å². The minimum atomic E-state index is -0.948. The highest BCUT2D eigenvalue weighted by atomic mass is 16.5. The number of carboxylic acids is 1. The van der Waals surface area contributed by atoms with Crippen LogP contribution in [0.5, 0.6) is 11.5 Å². The second-order valence-electron chi connectivity index (χ2n) is 3.75. The minimum Gasteiger partial charge on any atom is -0.497 e. The van der Waals surface area contributed by atoms with Crippen LogP contribution in [-0.4, -0.2) is 31.8 Å². The van der Waals surface area contributed by atoms with Gasteiger partial charge in [0.15, 0.2) is 0 Å². The van der Waals surface area contributed by atoms with Crippen LogP contribution in [0.25, 0.3) is 0 Å². The van der Waals surface area contributed by atoms with Crippen molar-refractivity contribution in [2.24, 2.45) is 0 Å². The summed E-state index contributed by atoms with van der Waals surface area (Å²) in [4.78, 5) is 10.5. The van der Waals surface area contributed by atoms with Crippen molar-refractivity contribution in [1.29, 1.82) is 0 Å². The van der Waals surface area contributed by atoms with Gasteiger partial charge in [-0.2, -0.15) is 0 Å². The maximum atomic E-state index is 10.5. The lowest BCUT2D eigenvalue weighted by Crippen LogP contribution is -2.06. The molecule has 98 valence electrons. The highest BCUT2D eigenvalue weighted by Gasteiger charge is 2.04. The number of rotatable bonds is 6. The number of hydrogen-bond acceptors (Lipinski definition) is 4. The van der Waals surface area contributed by atoms with Crippen LogP contribution < -0.4 is 14.8 Å². The van der Waals surface area contributed by atoms with Crippen LogP contribution in [0.1, 0.15) is 6.92 Å². The van der Waals surface area contributed by atoms with Crippen molar-refractivity contribution in [3.05, 3.63) is 29.8 Å². The number of aliphatic carboxylic acids is 1. The molecule has 5 nitrogen and oxygen atoms in total. The highest BCUT2D eigenvalue weighted by molar-refractivity contribution is 5.80. The van der Waals surface area contributed by atoms with Crippen LogP contribution in [0.2, 0.25) is 0 Å². The van der Waals surface area contributed by atoms with Crippen molar-refractivity contribution < 1.29 is 19.4 Å². The summed E-state index contributed by atoms with van der Waals surface area (Å²) >= 11 is 0. The number of anilines is 1. The van der Waals surface area contributed by atoms with Gasteiger partial charge in [-0.25, -0.2) is 4.79 Å². The molecule has 2 N–H and O–H groups in total. The van der Waals surface area contributed by atoms with Crippen LogP contribution in [-0.2, 0) is 4.79 Å². The van der Waals surface area contributed by atoms with Gasteiger partial charge < -0.3 is 19.9 Å². The second kappa shape index (κ2) is 6.54. The molecule has 0 aliphatic carbocycles. The largest absolute Gasteiger partial charge is 0.497 e. The maximum absolute atomic E-state index is 10.5. The zero-order chi connectivity index (χ0) is 13.5. The van der Waals surface area contributed by atoms with E-state index >= 15 is 0 Å². The van der Waals surface area contributed by atoms with Crippen molar-refractivity contribution >= 4 is 11.7 Å². The lowest BCUT2D eigenvalue weighted by molar-refractivity contribution is -0.131. The fourth-order valence-corrected chi connectivity index (χ4v) is 1.44. The Morgan fingerprint density at radius 1 is 1.39 bits per heavy atom. The van der Waals surface area contributed by atoms with E-state index in [-0.39, 0.29) is 0 Å². The Morgan fingerprint density at radius 3 is 2.67 bits per heavy atom. The maximum Gasteiger partial charge on any atom is 0.328 e. The Balaban J connectivity index is 2.75. The molecule has 1 aromatic rings. The number of methoxy groups -OCH3 is 2. The number of nitrogens with one attached hydrogen (secondary N) is 1. The van der Waals surface area contributed by atoms with Crippen molar-refractivity contribution in [3.8, 4) is 11.5 Å². The average Bonchev–Trinajstić information content (AvgIpc) is 2.35. The summed E-state index contributed by atoms with van der Waals surface area (Å²) in [7, 11) is 3.15. The third-order valence-corrected chi connectivity index (χ3v) is 2.34. The summed E-state index contributed by atoms with van der Waals surface area (Å²) in [6.07, 6.45) is 1.17. The van der Waals surface area contributed by atoms with Crippen LogP contribution in [0.3, 0.4) is 0 Å². The Morgan fingerprint density at radius 2 is 2.11 bits per heavy atom. The second-order valence-corrected chi connectivity index (χ2v) is 3.75. The zero-order valence-electron chi connectivity index (χ0n) is 10.7. The van der Waals surface area contributed by atoms with Gasteiger partial charge in [0, 0.05) is 18.7 Å². The molecule has 5 heteroatoms. The molecule has 0 spiro atoms. The fourth-order valence-electron chi connectivity index (χ4n) is 1.44. The molecule has 1 aromatic carbocycles. The first-order valence-corrected chi connectivity index (χ1v) is 5.42. The molecular weight excluding hydrogens is 234 g/mol. The van der Waals surface area contributed by atoms with Crippen molar-refractivity contribution in [3.63, 3.8) is 0 Å². The molecular formula is C13H17NO4. The van der Waals surface area contributed by atoms with Gasteiger partial charge in [-0.05, 0) is 24.6 Å². The van der Waals surface area contributed by atoms with E-state index in [1.54, 1.807) is 33.3 Å². The SMILES string of the molecule is COc1ccc(NC/C(C)=C/C(=O)O)c(OC)c1. The molecule has 18 heavy (non-hydrogen) atoms. The van der Waals surface area contributed by atoms with Gasteiger partial charge in [-0.1, -0.05) is 0 Å². The molecule has 0 fully saturated rings. The quantitative estimate of drug-likeness (QED) is 0.758. The number of ether oxygens (including phenoxy) is 2. The van der Waals surface area contributed by atoms with Crippen LogP contribution in [0.15, 0.2) is 29.8 Å². The lowest BCUT2D eigenvalue weighted by Gasteiger charge is -2.12. The molecule has 0 unspecified atom stereocenters. The minimum absolute atomic E-state index is 0.439. The Bertz CT molecular complexity index is 454. The first kappa shape index (κ1) is 13.9. The van der Waals surface area contributed by atoms with Gasteiger partial charge in [-0.15, -0.1) is 0 Å². The van der Waals surface area contributed by atoms with E-state index in [4.69, 9.17) is 14.6 Å². The molecule has 0 saturated heterocycles. The first-order valence-electron chi connectivity index (χ1n) is 5.42. The van der Waals surface area contributed by atoms with Crippen molar-refractivity contribution in [1.82, 2.24) is 0 Å². The van der Waals surface area contributed by atoms with Crippen LogP contribution >= 0.6 is 0 Å². The average molecular weight is 251 g/mol. The molecule has 0 saturated carbocycles. The van der Waals surface area contributed by atoms with Crippen molar-refractivity contribution in [2.75, 3.05) is 26.1 Å². The van der Waals surface area contributed by atoms with Gasteiger partial charge in [0.05, 0.1) is 19.9 Å². The number of hydrogen-bond donors (Lipinski definition) is 2. The van der Waals surface area contributed by atoms with E-state index in [2.05, 4.69) is 5.32 Å². The molecule has 0 atom stereocenters. The van der Waals surface area contributed by atoms with E-state index in [1.165, 1.54) is 6.08 Å². The van der Waals surface area contributed by atoms with Crippen molar-refractivity contribution in [2.45, 2.75) is 6.92 Å². The lowest BCUT2D eigenvalue weighted by atomic mass is 10.2. The standard InChI is InChI=1S/C13H17NO4/c1-9(6-13(15)16)8-14-11-5-4-10(17-2)7-12(11)18-3/h4-7,14H,8H2,1-3H3,(H,15,16)/b9-6+. The molecule has 0 aliphatic heterocycles. The topological polar surface area (TPSA) is 67.8 Å². The molecule has 1 rings (SSSR count). The van der Waals surface area contributed by atoms with Gasteiger partial charge in [0.2, 0.25) is 0 Å². The van der Waals surface area contributed by atoms with E-state index in [0.29, 0.717) is 18.0 Å². The summed E-state index contributed by atoms with van der Waals surface area (Å²) in [6, 6.07) is 5.39. The molecule has 0 radical (unpaired) electrons. The normalized spacial score (nSPS) is 10.9. The predicted octanol–water partition coefficient (Wildman–Crippen LogP) is 2.15. The van der Waals surface area contributed by atoms with Crippen LogP contribution in [0, 0.1) is 0 Å². The van der Waals surface area contributed by atoms with Crippen LogP contribution in [0.4, 0.5) is 5.69 Å². The summed E-state index contributed by atoms with van der Waals surface area (Å²) in [6.45, 7) is 2.19. The molecule has 0 aliphatic rings. The van der Waals surface area contributed by atoms with E-state index in [0.717, 1.165) is 11.3 Å².